The molecule has 0 spiro atoms. The molecular weight excluding hydrogens is 318 g/mol. The van der Waals surface area contributed by atoms with E-state index < -0.39 is 6.10 Å². The fourth-order valence-corrected chi connectivity index (χ4v) is 2.68. The van der Waals surface area contributed by atoms with Gasteiger partial charge in [-0.1, -0.05) is 12.1 Å². The summed E-state index contributed by atoms with van der Waals surface area (Å²) in [6.07, 6.45) is 1.17. The smallest absolute Gasteiger partial charge is 0.315 e. The number of amides is 2. The van der Waals surface area contributed by atoms with Gasteiger partial charge in [-0.05, 0) is 43.2 Å². The van der Waals surface area contributed by atoms with Gasteiger partial charge in [0.1, 0.15) is 11.9 Å². The van der Waals surface area contributed by atoms with E-state index in [-0.39, 0.29) is 12.1 Å². The number of hydrogen-bond donors (Lipinski definition) is 3. The van der Waals surface area contributed by atoms with Crippen molar-refractivity contribution in [2.75, 3.05) is 19.0 Å². The summed E-state index contributed by atoms with van der Waals surface area (Å²) in [7, 11) is 3.97. The predicted octanol–water partition coefficient (Wildman–Crippen LogP) is 2.97. The molecule has 1 aromatic heterocycles. The Morgan fingerprint density at radius 3 is 2.72 bits per heavy atom. The number of carbonyl (C=O) groups is 1. The quantitative estimate of drug-likeness (QED) is 0.721. The molecule has 0 aliphatic carbocycles. The second-order valence-electron chi connectivity index (χ2n) is 6.52. The summed E-state index contributed by atoms with van der Waals surface area (Å²) in [4.78, 5) is 14.1. The summed E-state index contributed by atoms with van der Waals surface area (Å²) >= 11 is 0. The molecule has 2 amide bonds. The highest BCUT2D eigenvalue weighted by molar-refractivity contribution is 5.74. The summed E-state index contributed by atoms with van der Waals surface area (Å²) in [5.41, 5.74) is 3.31. The maximum Gasteiger partial charge on any atom is 0.315 e. The maximum absolute atomic E-state index is 12.1. The van der Waals surface area contributed by atoms with E-state index in [1.807, 2.05) is 45.0 Å². The Balaban J connectivity index is 1.84. The highest BCUT2D eigenvalue weighted by Gasteiger charge is 2.16. The third kappa shape index (κ3) is 5.53. The number of benzene rings is 1. The van der Waals surface area contributed by atoms with Crippen LogP contribution in [0.1, 0.15) is 36.3 Å². The maximum atomic E-state index is 12.1. The minimum atomic E-state index is -0.734. The van der Waals surface area contributed by atoms with Crippen molar-refractivity contribution in [3.05, 3.63) is 53.5 Å². The molecule has 0 fully saturated rings. The number of rotatable bonds is 7. The molecule has 2 atom stereocenters. The van der Waals surface area contributed by atoms with Crippen LogP contribution in [0.25, 0.3) is 0 Å². The number of nitrogens with one attached hydrogen (secondary N) is 2. The Hall–Kier alpha value is -2.47. The molecule has 1 aromatic carbocycles. The van der Waals surface area contributed by atoms with Gasteiger partial charge in [-0.3, -0.25) is 0 Å². The Bertz CT molecular complexity index is 683. The Labute approximate surface area is 148 Å². The zero-order valence-electron chi connectivity index (χ0n) is 15.2. The van der Waals surface area contributed by atoms with Crippen molar-refractivity contribution >= 4 is 11.7 Å². The molecule has 0 aliphatic rings. The van der Waals surface area contributed by atoms with Crippen LogP contribution in [0.15, 0.2) is 41.0 Å². The molecule has 0 radical (unpaired) electrons. The van der Waals surface area contributed by atoms with Gasteiger partial charge < -0.3 is 25.1 Å². The fourth-order valence-electron chi connectivity index (χ4n) is 2.68. The van der Waals surface area contributed by atoms with E-state index in [1.54, 1.807) is 12.1 Å². The van der Waals surface area contributed by atoms with Gasteiger partial charge in [-0.15, -0.1) is 0 Å². The molecule has 3 N–H and O–H groups in total. The highest BCUT2D eigenvalue weighted by Crippen LogP contribution is 2.20. The summed E-state index contributed by atoms with van der Waals surface area (Å²) in [5, 5.41) is 15.8. The lowest BCUT2D eigenvalue weighted by atomic mass is 10.1. The van der Waals surface area contributed by atoms with Gasteiger partial charge in [0.2, 0.25) is 0 Å². The van der Waals surface area contributed by atoms with Gasteiger partial charge in [-0.25, -0.2) is 4.79 Å². The summed E-state index contributed by atoms with van der Waals surface area (Å²) in [6.45, 7) is 4.33. The van der Waals surface area contributed by atoms with Gasteiger partial charge >= 0.3 is 6.03 Å². The molecule has 6 nitrogen and oxygen atoms in total. The molecule has 6 heteroatoms. The first-order valence-electron chi connectivity index (χ1n) is 8.39. The normalized spacial score (nSPS) is 13.2. The molecule has 0 saturated heterocycles. The molecule has 0 saturated carbocycles. The van der Waals surface area contributed by atoms with Gasteiger partial charge in [0.25, 0.3) is 0 Å². The molecule has 2 rings (SSSR count). The van der Waals surface area contributed by atoms with E-state index in [2.05, 4.69) is 16.7 Å². The van der Waals surface area contributed by atoms with Crippen molar-refractivity contribution in [2.45, 2.75) is 39.0 Å². The van der Waals surface area contributed by atoms with E-state index in [0.29, 0.717) is 18.7 Å². The minimum absolute atomic E-state index is 0.188. The van der Waals surface area contributed by atoms with Crippen LogP contribution >= 0.6 is 0 Å². The van der Waals surface area contributed by atoms with Crippen molar-refractivity contribution in [3.8, 4) is 0 Å². The van der Waals surface area contributed by atoms with Gasteiger partial charge in [0, 0.05) is 38.8 Å². The predicted molar refractivity (Wildman–Crippen MR) is 98.6 cm³/mol. The summed E-state index contributed by atoms with van der Waals surface area (Å²) in [5.74, 6) is 0.504. The monoisotopic (exact) mass is 345 g/mol. The van der Waals surface area contributed by atoms with E-state index in [0.717, 1.165) is 11.3 Å². The lowest BCUT2D eigenvalue weighted by Crippen LogP contribution is -2.41. The van der Waals surface area contributed by atoms with Gasteiger partial charge in [0.15, 0.2) is 0 Å². The number of hydrogen-bond acceptors (Lipinski definition) is 4. The number of aliphatic hydroxyl groups is 1. The highest BCUT2D eigenvalue weighted by atomic mass is 16.4. The SMILES string of the molecule is Cc1ccc(CNC(=O)N[C@H](C)C[C@H](O)c2ccco2)c(N(C)C)c1. The standard InChI is InChI=1S/C19H27N3O3/c1-13-7-8-15(16(10-13)22(3)4)12-20-19(24)21-14(2)11-17(23)18-6-5-9-25-18/h5-10,14,17,23H,11-12H2,1-4H3,(H2,20,21,24)/t14-,17+/m1/s1. The number of nitrogens with zero attached hydrogens (tertiary/aromatic N) is 1. The van der Waals surface area contributed by atoms with Crippen molar-refractivity contribution in [1.82, 2.24) is 10.6 Å². The first-order valence-corrected chi connectivity index (χ1v) is 8.39. The fraction of sp³-hybridized carbons (Fsp3) is 0.421. The van der Waals surface area contributed by atoms with Crippen LogP contribution in [-0.4, -0.2) is 31.3 Å². The molecule has 0 bridgehead atoms. The molecule has 25 heavy (non-hydrogen) atoms. The van der Waals surface area contributed by atoms with Crippen LogP contribution in [0.2, 0.25) is 0 Å². The number of urea groups is 1. The zero-order valence-corrected chi connectivity index (χ0v) is 15.2. The molecule has 136 valence electrons. The Kier molecular flexibility index (Phi) is 6.47. The first kappa shape index (κ1) is 18.9. The second-order valence-corrected chi connectivity index (χ2v) is 6.52. The van der Waals surface area contributed by atoms with E-state index >= 15 is 0 Å². The molecule has 0 aliphatic heterocycles. The van der Waals surface area contributed by atoms with Crippen LogP contribution in [0.5, 0.6) is 0 Å². The number of furan rings is 1. The van der Waals surface area contributed by atoms with Gasteiger partial charge in [-0.2, -0.15) is 0 Å². The van der Waals surface area contributed by atoms with Crippen LogP contribution in [-0.2, 0) is 6.54 Å². The zero-order chi connectivity index (χ0) is 18.4. The van der Waals surface area contributed by atoms with Crippen molar-refractivity contribution in [3.63, 3.8) is 0 Å². The third-order valence-electron chi connectivity index (χ3n) is 3.99. The van der Waals surface area contributed by atoms with E-state index in [9.17, 15) is 9.90 Å². The van der Waals surface area contributed by atoms with Crippen LogP contribution < -0.4 is 15.5 Å². The van der Waals surface area contributed by atoms with E-state index in [1.165, 1.54) is 11.8 Å². The second kappa shape index (κ2) is 8.58. The molecule has 0 unspecified atom stereocenters. The summed E-state index contributed by atoms with van der Waals surface area (Å²) < 4.78 is 5.17. The number of aliphatic hydroxyl groups excluding tert-OH is 1. The molecule has 1 heterocycles. The molecular formula is C19H27N3O3. The average Bonchev–Trinajstić information content (AvgIpc) is 3.07. The largest absolute Gasteiger partial charge is 0.467 e. The number of carbonyl (C=O) groups excluding carboxylic acids is 1. The summed E-state index contributed by atoms with van der Waals surface area (Å²) in [6, 6.07) is 9.15. The van der Waals surface area contributed by atoms with Crippen molar-refractivity contribution in [1.29, 1.82) is 0 Å². The average molecular weight is 345 g/mol. The Morgan fingerprint density at radius 1 is 1.32 bits per heavy atom. The van der Waals surface area contributed by atoms with Crippen molar-refractivity contribution in [2.24, 2.45) is 0 Å². The van der Waals surface area contributed by atoms with Crippen LogP contribution in [0.3, 0.4) is 0 Å². The van der Waals surface area contributed by atoms with Crippen LogP contribution in [0.4, 0.5) is 10.5 Å². The van der Waals surface area contributed by atoms with E-state index in [4.69, 9.17) is 4.42 Å². The van der Waals surface area contributed by atoms with Crippen LogP contribution in [0, 0.1) is 6.92 Å². The lowest BCUT2D eigenvalue weighted by molar-refractivity contribution is 0.129. The third-order valence-corrected chi connectivity index (χ3v) is 3.99. The van der Waals surface area contributed by atoms with Gasteiger partial charge in [0.05, 0.1) is 6.26 Å². The Morgan fingerprint density at radius 2 is 2.08 bits per heavy atom. The number of aryl methyl sites for hydroxylation is 1. The molecule has 2 aromatic rings. The topological polar surface area (TPSA) is 77.7 Å². The lowest BCUT2D eigenvalue weighted by Gasteiger charge is -2.20. The number of anilines is 1. The first-order chi connectivity index (χ1) is 11.9. The minimum Gasteiger partial charge on any atom is -0.467 e. The van der Waals surface area contributed by atoms with Crippen molar-refractivity contribution < 1.29 is 14.3 Å².